The highest BCUT2D eigenvalue weighted by Gasteiger charge is 2.16. The third-order valence-electron chi connectivity index (χ3n) is 4.81. The Morgan fingerprint density at radius 2 is 1.97 bits per heavy atom. The van der Waals surface area contributed by atoms with E-state index in [1.54, 1.807) is 18.4 Å². The van der Waals surface area contributed by atoms with Crippen molar-refractivity contribution >= 4 is 33.3 Å². The second kappa shape index (κ2) is 8.00. The van der Waals surface area contributed by atoms with Crippen LogP contribution in [0.15, 0.2) is 34.2 Å². The summed E-state index contributed by atoms with van der Waals surface area (Å²) in [6.45, 7) is 6.77. The number of H-pyrrole nitrogens is 1. The molecule has 0 saturated heterocycles. The van der Waals surface area contributed by atoms with Gasteiger partial charge >= 0.3 is 0 Å². The number of aromatic nitrogens is 5. The van der Waals surface area contributed by atoms with Crippen LogP contribution >= 0.6 is 23.1 Å². The van der Waals surface area contributed by atoms with E-state index < -0.39 is 0 Å². The first-order valence-electron chi connectivity index (χ1n) is 9.21. The van der Waals surface area contributed by atoms with Crippen LogP contribution in [-0.4, -0.2) is 31.8 Å². The van der Waals surface area contributed by atoms with Crippen LogP contribution in [0.1, 0.15) is 23.2 Å². The van der Waals surface area contributed by atoms with Gasteiger partial charge in [0.2, 0.25) is 0 Å². The summed E-state index contributed by atoms with van der Waals surface area (Å²) in [6.07, 6.45) is 0. The first kappa shape index (κ1) is 19.7. The molecule has 0 aliphatic heterocycles. The molecule has 29 heavy (non-hydrogen) atoms. The molecule has 0 fully saturated rings. The number of nitrogens with one attached hydrogen (secondary N) is 1. The van der Waals surface area contributed by atoms with Crippen LogP contribution in [0.4, 0.5) is 0 Å². The van der Waals surface area contributed by atoms with E-state index in [-0.39, 0.29) is 5.56 Å². The van der Waals surface area contributed by atoms with E-state index in [2.05, 4.69) is 31.7 Å². The number of hydrogen-bond acceptors (Lipinski definition) is 7. The molecule has 0 radical (unpaired) electrons. The van der Waals surface area contributed by atoms with Crippen LogP contribution in [0, 0.1) is 13.8 Å². The molecule has 150 valence electrons. The summed E-state index contributed by atoms with van der Waals surface area (Å²) in [7, 11) is 1.65. The molecule has 4 aromatic rings. The minimum absolute atomic E-state index is 0.0802. The molecule has 0 bridgehead atoms. The second-order valence-corrected chi connectivity index (χ2v) is 8.69. The minimum Gasteiger partial charge on any atom is -0.497 e. The third-order valence-corrected chi connectivity index (χ3v) is 6.89. The van der Waals surface area contributed by atoms with Crippen LogP contribution in [0.3, 0.4) is 0 Å². The van der Waals surface area contributed by atoms with Crippen molar-refractivity contribution in [1.82, 2.24) is 24.7 Å². The number of rotatable bonds is 6. The molecule has 0 atom stereocenters. The summed E-state index contributed by atoms with van der Waals surface area (Å²) in [5.74, 6) is 2.77. The number of fused-ring (bicyclic) bond motifs is 1. The van der Waals surface area contributed by atoms with Gasteiger partial charge in [-0.15, -0.1) is 21.5 Å². The quantitative estimate of drug-likeness (QED) is 0.465. The van der Waals surface area contributed by atoms with Crippen molar-refractivity contribution in [3.63, 3.8) is 0 Å². The zero-order chi connectivity index (χ0) is 20.5. The fraction of sp³-hybridized carbons (Fsp3) is 0.300. The van der Waals surface area contributed by atoms with Gasteiger partial charge in [0.15, 0.2) is 11.0 Å². The molecule has 0 aliphatic rings. The second-order valence-electron chi connectivity index (χ2n) is 6.54. The molecule has 1 aromatic carbocycles. The average Bonchev–Trinajstić information content (AvgIpc) is 3.27. The van der Waals surface area contributed by atoms with Crippen molar-refractivity contribution in [2.24, 2.45) is 0 Å². The Morgan fingerprint density at radius 1 is 1.21 bits per heavy atom. The van der Waals surface area contributed by atoms with Gasteiger partial charge in [-0.25, -0.2) is 4.98 Å². The summed E-state index contributed by atoms with van der Waals surface area (Å²) in [5.41, 5.74) is 1.90. The Hall–Kier alpha value is -2.65. The molecule has 0 saturated carbocycles. The molecule has 9 heteroatoms. The number of aromatic amines is 1. The Morgan fingerprint density at radius 3 is 2.66 bits per heavy atom. The molecule has 3 heterocycles. The van der Waals surface area contributed by atoms with Crippen LogP contribution in [0.2, 0.25) is 0 Å². The maximum atomic E-state index is 12.5. The highest BCUT2D eigenvalue weighted by atomic mass is 32.2. The number of thioether (sulfide) groups is 1. The van der Waals surface area contributed by atoms with Crippen LogP contribution in [0.25, 0.3) is 21.6 Å². The van der Waals surface area contributed by atoms with Gasteiger partial charge < -0.3 is 14.3 Å². The number of nitrogens with zero attached hydrogens (tertiary/aromatic N) is 4. The van der Waals surface area contributed by atoms with Gasteiger partial charge in [0, 0.05) is 17.0 Å². The van der Waals surface area contributed by atoms with Crippen molar-refractivity contribution in [2.75, 3.05) is 7.11 Å². The van der Waals surface area contributed by atoms with Gasteiger partial charge in [-0.3, -0.25) is 4.79 Å². The number of thiophene rings is 1. The lowest BCUT2D eigenvalue weighted by Crippen LogP contribution is -2.11. The van der Waals surface area contributed by atoms with Gasteiger partial charge in [-0.05, 0) is 50.6 Å². The van der Waals surface area contributed by atoms with E-state index in [1.807, 2.05) is 38.1 Å². The summed E-state index contributed by atoms with van der Waals surface area (Å²) in [4.78, 5) is 21.9. The molecule has 4 rings (SSSR count). The fourth-order valence-corrected chi connectivity index (χ4v) is 5.06. The predicted octanol–water partition coefficient (Wildman–Crippen LogP) is 4.18. The Bertz CT molecular complexity index is 1220. The topological polar surface area (TPSA) is 85.7 Å². The van der Waals surface area contributed by atoms with Crippen LogP contribution in [0.5, 0.6) is 5.75 Å². The lowest BCUT2D eigenvalue weighted by atomic mass is 10.2. The predicted molar refractivity (Wildman–Crippen MR) is 117 cm³/mol. The van der Waals surface area contributed by atoms with Gasteiger partial charge in [0.05, 0.1) is 18.2 Å². The zero-order valence-electron chi connectivity index (χ0n) is 16.6. The van der Waals surface area contributed by atoms with Crippen LogP contribution < -0.4 is 10.3 Å². The Labute approximate surface area is 176 Å². The van der Waals surface area contributed by atoms with Crippen molar-refractivity contribution in [3.8, 4) is 17.1 Å². The lowest BCUT2D eigenvalue weighted by Gasteiger charge is -2.08. The molecular weight excluding hydrogens is 406 g/mol. The van der Waals surface area contributed by atoms with E-state index in [0.29, 0.717) is 17.0 Å². The Balaban J connectivity index is 1.59. The summed E-state index contributed by atoms with van der Waals surface area (Å²) in [5, 5.41) is 10.2. The maximum absolute atomic E-state index is 12.5. The smallest absolute Gasteiger partial charge is 0.259 e. The SMILES string of the molecule is CCn1c(SCc2nc3sc(C)c(C)c3c(=O)[nH]2)nnc1-c1ccc(OC)cc1. The molecular formula is C20H21N5O2S2. The van der Waals surface area contributed by atoms with E-state index in [4.69, 9.17) is 4.74 Å². The van der Waals surface area contributed by atoms with Gasteiger partial charge in [-0.2, -0.15) is 0 Å². The van der Waals surface area contributed by atoms with Crippen LogP contribution in [-0.2, 0) is 12.3 Å². The summed E-state index contributed by atoms with van der Waals surface area (Å²) >= 11 is 3.07. The lowest BCUT2D eigenvalue weighted by molar-refractivity contribution is 0.415. The van der Waals surface area contributed by atoms with Crippen molar-refractivity contribution in [2.45, 2.75) is 38.2 Å². The molecule has 7 nitrogen and oxygen atoms in total. The number of hydrogen-bond donors (Lipinski definition) is 1. The van der Waals surface area contributed by atoms with E-state index in [1.165, 1.54) is 11.8 Å². The van der Waals surface area contributed by atoms with E-state index in [0.717, 1.165) is 44.1 Å². The normalized spacial score (nSPS) is 11.3. The summed E-state index contributed by atoms with van der Waals surface area (Å²) < 4.78 is 7.28. The highest BCUT2D eigenvalue weighted by molar-refractivity contribution is 7.98. The van der Waals surface area contributed by atoms with Crippen molar-refractivity contribution < 1.29 is 4.74 Å². The minimum atomic E-state index is -0.0802. The molecule has 3 aromatic heterocycles. The number of ether oxygens (including phenoxy) is 1. The molecule has 0 aliphatic carbocycles. The monoisotopic (exact) mass is 427 g/mol. The average molecular weight is 428 g/mol. The fourth-order valence-electron chi connectivity index (χ4n) is 3.13. The highest BCUT2D eigenvalue weighted by Crippen LogP contribution is 2.29. The first-order chi connectivity index (χ1) is 14.0. The summed E-state index contributed by atoms with van der Waals surface area (Å²) in [6, 6.07) is 7.76. The first-order valence-corrected chi connectivity index (χ1v) is 11.0. The Kier molecular flexibility index (Phi) is 5.42. The number of methoxy groups -OCH3 is 1. The van der Waals surface area contributed by atoms with Crippen molar-refractivity contribution in [1.29, 1.82) is 0 Å². The molecule has 0 amide bonds. The van der Waals surface area contributed by atoms with E-state index in [9.17, 15) is 4.79 Å². The number of aryl methyl sites for hydroxylation is 2. The van der Waals surface area contributed by atoms with Gasteiger partial charge in [0.25, 0.3) is 5.56 Å². The van der Waals surface area contributed by atoms with Gasteiger partial charge in [0.1, 0.15) is 16.4 Å². The van der Waals surface area contributed by atoms with Gasteiger partial charge in [-0.1, -0.05) is 11.8 Å². The largest absolute Gasteiger partial charge is 0.497 e. The molecule has 0 unspecified atom stereocenters. The molecule has 1 N–H and O–H groups in total. The maximum Gasteiger partial charge on any atom is 0.259 e. The zero-order valence-corrected chi connectivity index (χ0v) is 18.3. The standard InChI is InChI=1S/C20H21N5O2S2/c1-5-25-17(13-6-8-14(27-4)9-7-13)23-24-20(25)28-10-15-21-18(26)16-11(2)12(3)29-19(16)22-15/h6-9H,5,10H2,1-4H3,(H,21,22,26). The number of benzene rings is 1. The van der Waals surface area contributed by atoms with E-state index >= 15 is 0 Å². The molecule has 0 spiro atoms. The van der Waals surface area contributed by atoms with Crippen molar-refractivity contribution in [3.05, 3.63) is 50.9 Å². The third kappa shape index (κ3) is 3.67.